The summed E-state index contributed by atoms with van der Waals surface area (Å²) in [6, 6.07) is 7.19. The van der Waals surface area contributed by atoms with E-state index >= 15 is 0 Å². The SMILES string of the molecule is O=C(Nc1ccccc1C(=O)N1CCCC1)C1CCCO1. The fraction of sp³-hybridized carbons (Fsp3) is 0.500. The zero-order valence-corrected chi connectivity index (χ0v) is 12.0. The summed E-state index contributed by atoms with van der Waals surface area (Å²) >= 11 is 0. The first kappa shape index (κ1) is 14.1. The minimum atomic E-state index is -0.389. The number of carbonyl (C=O) groups is 2. The normalized spacial score (nSPS) is 21.5. The third-order valence-corrected chi connectivity index (χ3v) is 4.03. The number of benzene rings is 1. The van der Waals surface area contributed by atoms with Gasteiger partial charge >= 0.3 is 0 Å². The van der Waals surface area contributed by atoms with E-state index in [-0.39, 0.29) is 17.9 Å². The first-order valence-electron chi connectivity index (χ1n) is 7.56. The van der Waals surface area contributed by atoms with Gasteiger partial charge in [0.25, 0.3) is 11.8 Å². The Morgan fingerprint density at radius 3 is 2.62 bits per heavy atom. The van der Waals surface area contributed by atoms with Gasteiger partial charge in [-0.3, -0.25) is 9.59 Å². The summed E-state index contributed by atoms with van der Waals surface area (Å²) < 4.78 is 5.38. The van der Waals surface area contributed by atoms with Crippen molar-refractivity contribution in [2.45, 2.75) is 31.8 Å². The molecule has 1 unspecified atom stereocenters. The molecule has 2 aliphatic heterocycles. The predicted octanol–water partition coefficient (Wildman–Crippen LogP) is 2.04. The van der Waals surface area contributed by atoms with Crippen molar-refractivity contribution in [3.05, 3.63) is 29.8 Å². The van der Waals surface area contributed by atoms with Gasteiger partial charge in [0, 0.05) is 19.7 Å². The van der Waals surface area contributed by atoms with Crippen LogP contribution in [0.5, 0.6) is 0 Å². The molecule has 21 heavy (non-hydrogen) atoms. The van der Waals surface area contributed by atoms with Gasteiger partial charge in [-0.15, -0.1) is 0 Å². The van der Waals surface area contributed by atoms with Gasteiger partial charge in [-0.2, -0.15) is 0 Å². The molecule has 2 saturated heterocycles. The second kappa shape index (κ2) is 6.26. The number of hydrogen-bond donors (Lipinski definition) is 1. The van der Waals surface area contributed by atoms with E-state index in [4.69, 9.17) is 4.74 Å². The lowest BCUT2D eigenvalue weighted by molar-refractivity contribution is -0.124. The number of rotatable bonds is 3. The van der Waals surface area contributed by atoms with Gasteiger partial charge in [0.15, 0.2) is 0 Å². The lowest BCUT2D eigenvalue weighted by Gasteiger charge is -2.18. The molecule has 2 amide bonds. The van der Waals surface area contributed by atoms with Gasteiger partial charge in [0.2, 0.25) is 0 Å². The molecule has 1 N–H and O–H groups in total. The molecule has 0 radical (unpaired) electrons. The number of para-hydroxylation sites is 1. The van der Waals surface area contributed by atoms with Gasteiger partial charge in [-0.25, -0.2) is 0 Å². The first-order chi connectivity index (χ1) is 10.3. The summed E-state index contributed by atoms with van der Waals surface area (Å²) in [5, 5.41) is 2.85. The number of nitrogens with zero attached hydrogens (tertiary/aromatic N) is 1. The van der Waals surface area contributed by atoms with Crippen LogP contribution in [-0.2, 0) is 9.53 Å². The third kappa shape index (κ3) is 3.08. The van der Waals surface area contributed by atoms with Crippen LogP contribution in [0.1, 0.15) is 36.0 Å². The maximum Gasteiger partial charge on any atom is 0.255 e. The van der Waals surface area contributed by atoms with Crippen LogP contribution in [0.3, 0.4) is 0 Å². The minimum Gasteiger partial charge on any atom is -0.368 e. The predicted molar refractivity (Wildman–Crippen MR) is 79.2 cm³/mol. The fourth-order valence-electron chi connectivity index (χ4n) is 2.87. The van der Waals surface area contributed by atoms with Crippen molar-refractivity contribution in [1.82, 2.24) is 4.90 Å². The third-order valence-electron chi connectivity index (χ3n) is 4.03. The van der Waals surface area contributed by atoms with Crippen molar-refractivity contribution in [1.29, 1.82) is 0 Å². The lowest BCUT2D eigenvalue weighted by Crippen LogP contribution is -2.31. The summed E-state index contributed by atoms with van der Waals surface area (Å²) in [7, 11) is 0. The molecule has 0 saturated carbocycles. The van der Waals surface area contributed by atoms with Crippen LogP contribution >= 0.6 is 0 Å². The average molecular weight is 288 g/mol. The molecule has 5 nitrogen and oxygen atoms in total. The molecule has 5 heteroatoms. The second-order valence-electron chi connectivity index (χ2n) is 5.54. The van der Waals surface area contributed by atoms with E-state index in [0.29, 0.717) is 17.9 Å². The van der Waals surface area contributed by atoms with Crippen LogP contribution < -0.4 is 5.32 Å². The molecule has 2 fully saturated rings. The van der Waals surface area contributed by atoms with Crippen LogP contribution in [0.15, 0.2) is 24.3 Å². The highest BCUT2D eigenvalue weighted by atomic mass is 16.5. The molecule has 112 valence electrons. The van der Waals surface area contributed by atoms with Gasteiger partial charge in [-0.1, -0.05) is 12.1 Å². The number of hydrogen-bond acceptors (Lipinski definition) is 3. The van der Waals surface area contributed by atoms with Crippen LogP contribution in [0.4, 0.5) is 5.69 Å². The number of ether oxygens (including phenoxy) is 1. The minimum absolute atomic E-state index is 0.00394. The van der Waals surface area contributed by atoms with Gasteiger partial charge in [-0.05, 0) is 37.8 Å². The Bertz CT molecular complexity index is 532. The summed E-state index contributed by atoms with van der Waals surface area (Å²) in [5.41, 5.74) is 1.14. The molecule has 2 aliphatic rings. The molecular weight excluding hydrogens is 268 g/mol. The maximum atomic E-state index is 12.5. The van der Waals surface area contributed by atoms with Crippen LogP contribution in [-0.4, -0.2) is 42.5 Å². The second-order valence-corrected chi connectivity index (χ2v) is 5.54. The molecule has 1 atom stereocenters. The Labute approximate surface area is 124 Å². The number of nitrogens with one attached hydrogen (secondary N) is 1. The monoisotopic (exact) mass is 288 g/mol. The lowest BCUT2D eigenvalue weighted by atomic mass is 10.1. The van der Waals surface area contributed by atoms with Gasteiger partial charge < -0.3 is 15.0 Å². The highest BCUT2D eigenvalue weighted by Crippen LogP contribution is 2.21. The van der Waals surface area contributed by atoms with Crippen LogP contribution in [0.25, 0.3) is 0 Å². The summed E-state index contributed by atoms with van der Waals surface area (Å²) in [4.78, 5) is 26.5. The van der Waals surface area contributed by atoms with E-state index in [1.54, 1.807) is 12.1 Å². The molecule has 1 aromatic rings. The topological polar surface area (TPSA) is 58.6 Å². The van der Waals surface area contributed by atoms with E-state index in [0.717, 1.165) is 38.8 Å². The molecule has 0 bridgehead atoms. The number of amides is 2. The molecule has 0 aliphatic carbocycles. The highest BCUT2D eigenvalue weighted by Gasteiger charge is 2.26. The molecule has 1 aromatic carbocycles. The first-order valence-corrected chi connectivity index (χ1v) is 7.56. The Morgan fingerprint density at radius 1 is 1.14 bits per heavy atom. The van der Waals surface area contributed by atoms with Crippen molar-refractivity contribution in [2.75, 3.05) is 25.0 Å². The number of likely N-dealkylation sites (tertiary alicyclic amines) is 1. The smallest absolute Gasteiger partial charge is 0.255 e. The largest absolute Gasteiger partial charge is 0.368 e. The summed E-state index contributed by atoms with van der Waals surface area (Å²) in [6.07, 6.45) is 3.37. The van der Waals surface area contributed by atoms with E-state index in [2.05, 4.69) is 5.32 Å². The zero-order chi connectivity index (χ0) is 14.7. The van der Waals surface area contributed by atoms with Crippen molar-refractivity contribution in [3.8, 4) is 0 Å². The molecule has 0 spiro atoms. The van der Waals surface area contributed by atoms with E-state index in [1.807, 2.05) is 17.0 Å². The quantitative estimate of drug-likeness (QED) is 0.926. The van der Waals surface area contributed by atoms with E-state index in [1.165, 1.54) is 0 Å². The van der Waals surface area contributed by atoms with E-state index < -0.39 is 0 Å². The Hall–Kier alpha value is -1.88. The maximum absolute atomic E-state index is 12.5. The summed E-state index contributed by atoms with van der Waals surface area (Å²) in [6.45, 7) is 2.23. The van der Waals surface area contributed by atoms with Crippen molar-refractivity contribution >= 4 is 17.5 Å². The van der Waals surface area contributed by atoms with Crippen molar-refractivity contribution in [3.63, 3.8) is 0 Å². The molecular formula is C16H20N2O3. The molecule has 2 heterocycles. The standard InChI is InChI=1S/C16H20N2O3/c19-15(14-8-5-11-21-14)17-13-7-2-1-6-12(13)16(20)18-9-3-4-10-18/h1-2,6-7,14H,3-5,8-11H2,(H,17,19). The fourth-order valence-corrected chi connectivity index (χ4v) is 2.87. The average Bonchev–Trinajstić information content (AvgIpc) is 3.20. The Kier molecular flexibility index (Phi) is 4.20. The van der Waals surface area contributed by atoms with E-state index in [9.17, 15) is 9.59 Å². The molecule has 3 rings (SSSR count). The van der Waals surface area contributed by atoms with Crippen LogP contribution in [0, 0.1) is 0 Å². The van der Waals surface area contributed by atoms with Crippen molar-refractivity contribution in [2.24, 2.45) is 0 Å². The van der Waals surface area contributed by atoms with Crippen LogP contribution in [0.2, 0.25) is 0 Å². The number of carbonyl (C=O) groups excluding carboxylic acids is 2. The van der Waals surface area contributed by atoms with Crippen molar-refractivity contribution < 1.29 is 14.3 Å². The van der Waals surface area contributed by atoms with Gasteiger partial charge in [0.1, 0.15) is 6.10 Å². The summed E-state index contributed by atoms with van der Waals surface area (Å²) in [5.74, 6) is -0.162. The zero-order valence-electron chi connectivity index (χ0n) is 12.0. The Balaban J connectivity index is 1.75. The highest BCUT2D eigenvalue weighted by molar-refractivity contribution is 6.04. The number of anilines is 1. The van der Waals surface area contributed by atoms with Gasteiger partial charge in [0.05, 0.1) is 11.3 Å². The molecule has 0 aromatic heterocycles. The Morgan fingerprint density at radius 2 is 1.90 bits per heavy atom.